The fourth-order valence-electron chi connectivity index (χ4n) is 3.41. The van der Waals surface area contributed by atoms with Crippen molar-refractivity contribution in [1.29, 1.82) is 0 Å². The van der Waals surface area contributed by atoms with Crippen LogP contribution < -0.4 is 10.9 Å². The van der Waals surface area contributed by atoms with Gasteiger partial charge in [-0.25, -0.2) is 9.48 Å². The average Bonchev–Trinajstić information content (AvgIpc) is 2.70. The second kappa shape index (κ2) is 9.30. The van der Waals surface area contributed by atoms with Crippen LogP contribution in [0.15, 0.2) is 47.3 Å². The van der Waals surface area contributed by atoms with E-state index in [2.05, 4.69) is 17.3 Å². The number of esters is 1. The van der Waals surface area contributed by atoms with E-state index < -0.39 is 5.97 Å². The molecule has 0 aliphatic heterocycles. The van der Waals surface area contributed by atoms with E-state index in [0.717, 1.165) is 24.8 Å². The van der Waals surface area contributed by atoms with Gasteiger partial charge in [-0.05, 0) is 30.4 Å². The number of hydrogen-bond acceptors (Lipinski definition) is 5. The highest BCUT2D eigenvalue weighted by Gasteiger charge is 2.23. The molecular formula is C21H25N3O4. The lowest BCUT2D eigenvalue weighted by Crippen LogP contribution is -2.43. The van der Waals surface area contributed by atoms with Crippen LogP contribution in [0.5, 0.6) is 0 Å². The normalized spacial score (nSPS) is 19.0. The van der Waals surface area contributed by atoms with Crippen molar-refractivity contribution in [1.82, 2.24) is 15.1 Å². The van der Waals surface area contributed by atoms with Crippen molar-refractivity contribution in [3.05, 3.63) is 64.1 Å². The molecule has 1 saturated carbocycles. The average molecular weight is 383 g/mol. The maximum absolute atomic E-state index is 12.2. The predicted octanol–water partition coefficient (Wildman–Crippen LogP) is 2.14. The van der Waals surface area contributed by atoms with Gasteiger partial charge in [0.25, 0.3) is 11.5 Å². The Hall–Kier alpha value is -2.96. The summed E-state index contributed by atoms with van der Waals surface area (Å²) in [6.07, 6.45) is 4.33. The van der Waals surface area contributed by atoms with Crippen molar-refractivity contribution in [2.75, 3.05) is 6.61 Å². The van der Waals surface area contributed by atoms with Crippen molar-refractivity contribution in [2.24, 2.45) is 5.92 Å². The maximum atomic E-state index is 12.2. The van der Waals surface area contributed by atoms with Gasteiger partial charge >= 0.3 is 5.97 Å². The molecule has 1 aromatic carbocycles. The first kappa shape index (κ1) is 19.8. The first-order valence-corrected chi connectivity index (χ1v) is 9.61. The predicted molar refractivity (Wildman–Crippen MR) is 104 cm³/mol. The van der Waals surface area contributed by atoms with Gasteiger partial charge in [0.1, 0.15) is 0 Å². The van der Waals surface area contributed by atoms with E-state index in [4.69, 9.17) is 4.74 Å². The molecule has 3 rings (SSSR count). The summed E-state index contributed by atoms with van der Waals surface area (Å²) in [7, 11) is 0. The van der Waals surface area contributed by atoms with Crippen LogP contribution in [0.25, 0.3) is 0 Å². The van der Waals surface area contributed by atoms with Gasteiger partial charge in [-0.2, -0.15) is 5.10 Å². The van der Waals surface area contributed by atoms with Crippen molar-refractivity contribution < 1.29 is 14.3 Å². The molecule has 1 aliphatic rings. The maximum Gasteiger partial charge on any atom is 0.359 e. The molecule has 7 nitrogen and oxygen atoms in total. The Balaban J connectivity index is 1.57. The molecule has 1 heterocycles. The van der Waals surface area contributed by atoms with E-state index in [-0.39, 0.29) is 36.4 Å². The Kier molecular flexibility index (Phi) is 6.57. The zero-order valence-corrected chi connectivity index (χ0v) is 16.0. The molecule has 1 N–H and O–H groups in total. The van der Waals surface area contributed by atoms with Crippen LogP contribution in [-0.4, -0.2) is 34.3 Å². The Morgan fingerprint density at radius 2 is 1.89 bits per heavy atom. The minimum Gasteiger partial charge on any atom is -0.451 e. The summed E-state index contributed by atoms with van der Waals surface area (Å²) >= 11 is 0. The zero-order valence-electron chi connectivity index (χ0n) is 16.0. The third kappa shape index (κ3) is 5.28. The van der Waals surface area contributed by atoms with Gasteiger partial charge < -0.3 is 10.1 Å². The number of aromatic nitrogens is 2. The van der Waals surface area contributed by atoms with Gasteiger partial charge in [0.2, 0.25) is 0 Å². The topological polar surface area (TPSA) is 90.3 Å². The van der Waals surface area contributed by atoms with Crippen LogP contribution in [0.1, 0.15) is 48.7 Å². The number of nitrogens with zero attached hydrogens (tertiary/aromatic N) is 2. The van der Waals surface area contributed by atoms with Crippen molar-refractivity contribution in [3.8, 4) is 0 Å². The lowest BCUT2D eigenvalue weighted by molar-refractivity contribution is -0.125. The summed E-state index contributed by atoms with van der Waals surface area (Å²) in [6, 6.07) is 12.1. The van der Waals surface area contributed by atoms with Crippen LogP contribution in [-0.2, 0) is 16.1 Å². The van der Waals surface area contributed by atoms with Crippen molar-refractivity contribution in [2.45, 2.75) is 45.2 Å². The molecule has 0 bridgehead atoms. The van der Waals surface area contributed by atoms with Gasteiger partial charge in [0, 0.05) is 12.1 Å². The standard InChI is InChI=1S/C21H25N3O4/c1-15-7-5-6-10-17(15)22-19(25)14-28-21(27)18-11-12-20(26)24(23-18)13-16-8-3-2-4-9-16/h2-4,8-9,11-12,15,17H,5-7,10,13-14H2,1H3,(H,22,25)/t15-,17+/m0/s1. The van der Waals surface area contributed by atoms with E-state index in [1.807, 2.05) is 30.3 Å². The zero-order chi connectivity index (χ0) is 19.9. The van der Waals surface area contributed by atoms with Gasteiger partial charge in [0.15, 0.2) is 12.3 Å². The molecule has 0 radical (unpaired) electrons. The van der Waals surface area contributed by atoms with Gasteiger partial charge in [-0.15, -0.1) is 0 Å². The first-order chi connectivity index (χ1) is 13.5. The molecule has 1 aliphatic carbocycles. The highest BCUT2D eigenvalue weighted by molar-refractivity contribution is 5.89. The van der Waals surface area contributed by atoms with Crippen molar-refractivity contribution >= 4 is 11.9 Å². The van der Waals surface area contributed by atoms with E-state index in [9.17, 15) is 14.4 Å². The van der Waals surface area contributed by atoms with Crippen LogP contribution >= 0.6 is 0 Å². The van der Waals surface area contributed by atoms with Crippen LogP contribution in [0.3, 0.4) is 0 Å². The van der Waals surface area contributed by atoms with E-state index in [1.54, 1.807) is 0 Å². The summed E-state index contributed by atoms with van der Waals surface area (Å²) in [5.41, 5.74) is 0.572. The van der Waals surface area contributed by atoms with Crippen LogP contribution in [0.4, 0.5) is 0 Å². The van der Waals surface area contributed by atoms with Crippen LogP contribution in [0.2, 0.25) is 0 Å². The molecule has 7 heteroatoms. The summed E-state index contributed by atoms with van der Waals surface area (Å²) < 4.78 is 6.29. The quantitative estimate of drug-likeness (QED) is 0.772. The number of nitrogens with one attached hydrogen (secondary N) is 1. The molecule has 0 unspecified atom stereocenters. The Morgan fingerprint density at radius 3 is 2.64 bits per heavy atom. The third-order valence-corrected chi connectivity index (χ3v) is 5.04. The molecule has 28 heavy (non-hydrogen) atoms. The molecule has 1 fully saturated rings. The number of rotatable bonds is 6. The molecule has 0 spiro atoms. The minimum absolute atomic E-state index is 0.00522. The van der Waals surface area contributed by atoms with Crippen LogP contribution in [0, 0.1) is 5.92 Å². The smallest absolute Gasteiger partial charge is 0.359 e. The summed E-state index contributed by atoms with van der Waals surface area (Å²) in [6.45, 7) is 2.01. The number of ether oxygens (including phenoxy) is 1. The second-order valence-corrected chi connectivity index (χ2v) is 7.21. The lowest BCUT2D eigenvalue weighted by Gasteiger charge is -2.29. The second-order valence-electron chi connectivity index (χ2n) is 7.21. The largest absolute Gasteiger partial charge is 0.451 e. The fraction of sp³-hybridized carbons (Fsp3) is 0.429. The Bertz CT molecular complexity index is 879. The highest BCUT2D eigenvalue weighted by Crippen LogP contribution is 2.23. The van der Waals surface area contributed by atoms with E-state index >= 15 is 0 Å². The molecule has 0 saturated heterocycles. The highest BCUT2D eigenvalue weighted by atomic mass is 16.5. The number of benzene rings is 1. The van der Waals surface area contributed by atoms with Crippen molar-refractivity contribution in [3.63, 3.8) is 0 Å². The number of amides is 1. The molecule has 2 aromatic rings. The monoisotopic (exact) mass is 383 g/mol. The molecule has 2 atom stereocenters. The molecule has 148 valence electrons. The number of carbonyl (C=O) groups is 2. The number of hydrogen-bond donors (Lipinski definition) is 1. The first-order valence-electron chi connectivity index (χ1n) is 9.61. The summed E-state index contributed by atoms with van der Waals surface area (Å²) in [5.74, 6) is -0.616. The number of carbonyl (C=O) groups excluding carboxylic acids is 2. The SMILES string of the molecule is C[C@H]1CCCC[C@H]1NC(=O)COC(=O)c1ccc(=O)n(Cc2ccccc2)n1. The summed E-state index contributed by atoms with van der Waals surface area (Å²) in [5, 5.41) is 7.01. The van der Waals surface area contributed by atoms with E-state index in [0.29, 0.717) is 5.92 Å². The Labute approximate surface area is 163 Å². The Morgan fingerprint density at radius 1 is 1.14 bits per heavy atom. The third-order valence-electron chi connectivity index (χ3n) is 5.04. The minimum atomic E-state index is -0.728. The van der Waals surface area contributed by atoms with Gasteiger partial charge in [0.05, 0.1) is 6.54 Å². The van der Waals surface area contributed by atoms with Gasteiger partial charge in [-0.1, -0.05) is 50.1 Å². The lowest BCUT2D eigenvalue weighted by atomic mass is 9.86. The summed E-state index contributed by atoms with van der Waals surface area (Å²) in [4.78, 5) is 36.3. The van der Waals surface area contributed by atoms with E-state index in [1.165, 1.54) is 23.2 Å². The van der Waals surface area contributed by atoms with Gasteiger partial charge in [-0.3, -0.25) is 9.59 Å². The molecule has 1 amide bonds. The fourth-order valence-corrected chi connectivity index (χ4v) is 3.41. The molecular weight excluding hydrogens is 358 g/mol. The molecule has 1 aromatic heterocycles.